The Kier molecular flexibility index (Phi) is 7.74. The molecule has 0 amide bonds. The molecular formula is C16H18F2N2O2S2. The summed E-state index contributed by atoms with van der Waals surface area (Å²) >= 11 is 1.73. The van der Waals surface area contributed by atoms with Crippen molar-refractivity contribution < 1.29 is 17.8 Å². The van der Waals surface area contributed by atoms with Crippen molar-refractivity contribution in [2.45, 2.75) is 31.6 Å². The second-order valence-corrected chi connectivity index (χ2v) is 7.25. The standard InChI is InChI=1S/C16H18F2N2O2S2/c1-2-3-8-22-24-16(21)23-15(10-20-7-6-19-11-20)13-5-4-12(17)9-14(13)18/h4-7,9,11,15H,2-3,8,10H2,1H3. The van der Waals surface area contributed by atoms with Crippen LogP contribution >= 0.6 is 23.8 Å². The molecule has 0 radical (unpaired) electrons. The van der Waals surface area contributed by atoms with Crippen LogP contribution in [0.25, 0.3) is 0 Å². The van der Waals surface area contributed by atoms with E-state index < -0.39 is 16.9 Å². The van der Waals surface area contributed by atoms with E-state index in [1.54, 1.807) is 23.3 Å². The lowest BCUT2D eigenvalue weighted by atomic mass is 10.1. The summed E-state index contributed by atoms with van der Waals surface area (Å²) in [6.07, 6.45) is 6.77. The van der Waals surface area contributed by atoms with Crippen LogP contribution in [-0.2, 0) is 10.7 Å². The van der Waals surface area contributed by atoms with E-state index in [1.165, 1.54) is 12.1 Å². The summed E-state index contributed by atoms with van der Waals surface area (Å²) < 4.78 is 34.0. The molecule has 1 aromatic carbocycles. The third-order valence-corrected chi connectivity index (χ3v) is 4.99. The molecule has 1 atom stereocenters. The molecule has 0 aliphatic heterocycles. The maximum Gasteiger partial charge on any atom is 0.273 e. The molecule has 1 heterocycles. The van der Waals surface area contributed by atoms with Crippen molar-refractivity contribution in [2.75, 3.05) is 6.61 Å². The first-order valence-electron chi connectivity index (χ1n) is 7.51. The molecule has 4 nitrogen and oxygen atoms in total. The fraction of sp³-hybridized carbons (Fsp3) is 0.375. The van der Waals surface area contributed by atoms with Gasteiger partial charge in [0.25, 0.3) is 4.45 Å². The smallest absolute Gasteiger partial charge is 0.273 e. The minimum atomic E-state index is -0.669. The monoisotopic (exact) mass is 372 g/mol. The molecule has 0 N–H and O–H groups in total. The predicted octanol–water partition coefficient (Wildman–Crippen LogP) is 5.22. The van der Waals surface area contributed by atoms with Gasteiger partial charge in [-0.3, -0.25) is 4.79 Å². The van der Waals surface area contributed by atoms with Gasteiger partial charge in [0, 0.05) is 30.6 Å². The van der Waals surface area contributed by atoms with E-state index in [0.717, 1.165) is 42.7 Å². The molecule has 8 heteroatoms. The molecule has 1 unspecified atom stereocenters. The molecule has 130 valence electrons. The Hall–Kier alpha value is -1.38. The number of benzene rings is 1. The quantitative estimate of drug-likeness (QED) is 0.469. The Bertz CT molecular complexity index is 654. The zero-order chi connectivity index (χ0) is 17.4. The van der Waals surface area contributed by atoms with Gasteiger partial charge >= 0.3 is 0 Å². The number of thioether (sulfide) groups is 1. The number of hydrogen-bond acceptors (Lipinski definition) is 5. The molecule has 0 saturated heterocycles. The molecule has 0 saturated carbocycles. The third-order valence-electron chi connectivity index (χ3n) is 3.19. The van der Waals surface area contributed by atoms with E-state index in [4.69, 9.17) is 4.18 Å². The van der Waals surface area contributed by atoms with Crippen LogP contribution in [0.15, 0.2) is 36.9 Å². The van der Waals surface area contributed by atoms with Crippen molar-refractivity contribution in [1.29, 1.82) is 0 Å². The number of halogens is 2. The van der Waals surface area contributed by atoms with Gasteiger partial charge in [-0.15, -0.1) is 0 Å². The van der Waals surface area contributed by atoms with Crippen LogP contribution in [0.2, 0.25) is 0 Å². The minimum Gasteiger partial charge on any atom is -0.336 e. The number of carbonyl (C=O) groups is 1. The Morgan fingerprint density at radius 1 is 1.42 bits per heavy atom. The van der Waals surface area contributed by atoms with Gasteiger partial charge in [-0.1, -0.05) is 31.2 Å². The van der Waals surface area contributed by atoms with Gasteiger partial charge in [0.1, 0.15) is 11.6 Å². The van der Waals surface area contributed by atoms with E-state index in [2.05, 4.69) is 4.98 Å². The molecule has 1 aromatic heterocycles. The maximum atomic E-state index is 14.1. The van der Waals surface area contributed by atoms with Crippen molar-refractivity contribution >= 4 is 28.3 Å². The molecule has 2 aromatic rings. The van der Waals surface area contributed by atoms with Crippen LogP contribution in [-0.4, -0.2) is 20.6 Å². The van der Waals surface area contributed by atoms with E-state index in [9.17, 15) is 13.6 Å². The lowest BCUT2D eigenvalue weighted by Crippen LogP contribution is -2.08. The number of carbonyl (C=O) groups excluding carboxylic acids is 1. The summed E-state index contributed by atoms with van der Waals surface area (Å²) in [7, 11) is 0. The van der Waals surface area contributed by atoms with Gasteiger partial charge in [-0.2, -0.15) is 0 Å². The average Bonchev–Trinajstić information content (AvgIpc) is 3.04. The topological polar surface area (TPSA) is 44.1 Å². The van der Waals surface area contributed by atoms with Crippen LogP contribution in [0, 0.1) is 11.6 Å². The van der Waals surface area contributed by atoms with Gasteiger partial charge in [0.05, 0.1) is 30.2 Å². The summed E-state index contributed by atoms with van der Waals surface area (Å²) in [6.45, 7) is 2.86. The van der Waals surface area contributed by atoms with Crippen LogP contribution in [0.3, 0.4) is 0 Å². The molecule has 0 fully saturated rings. The highest BCUT2D eigenvalue weighted by molar-refractivity contribution is 8.36. The van der Waals surface area contributed by atoms with Gasteiger partial charge < -0.3 is 8.75 Å². The van der Waals surface area contributed by atoms with E-state index >= 15 is 0 Å². The van der Waals surface area contributed by atoms with E-state index in [1.807, 2.05) is 6.92 Å². The van der Waals surface area contributed by atoms with Crippen molar-refractivity contribution in [3.8, 4) is 0 Å². The lowest BCUT2D eigenvalue weighted by molar-refractivity contribution is 0.273. The highest BCUT2D eigenvalue weighted by Gasteiger charge is 2.22. The zero-order valence-corrected chi connectivity index (χ0v) is 14.8. The van der Waals surface area contributed by atoms with Crippen LogP contribution < -0.4 is 0 Å². The largest absolute Gasteiger partial charge is 0.336 e. The van der Waals surface area contributed by atoms with E-state index in [0.29, 0.717) is 13.2 Å². The van der Waals surface area contributed by atoms with Gasteiger partial charge in [0.2, 0.25) is 0 Å². The maximum absolute atomic E-state index is 14.1. The Labute approximate surface area is 148 Å². The molecule has 24 heavy (non-hydrogen) atoms. The highest BCUT2D eigenvalue weighted by atomic mass is 32.2. The average molecular weight is 372 g/mol. The van der Waals surface area contributed by atoms with Crippen molar-refractivity contribution in [1.82, 2.24) is 9.55 Å². The second-order valence-electron chi connectivity index (χ2n) is 5.04. The Morgan fingerprint density at radius 2 is 2.25 bits per heavy atom. The summed E-state index contributed by atoms with van der Waals surface area (Å²) in [4.78, 5) is 16.0. The second kappa shape index (κ2) is 9.80. The number of nitrogens with zero attached hydrogens (tertiary/aromatic N) is 2. The third kappa shape index (κ3) is 5.92. The minimum absolute atomic E-state index is 0.264. The van der Waals surface area contributed by atoms with Crippen LogP contribution in [0.5, 0.6) is 0 Å². The molecule has 0 aliphatic rings. The lowest BCUT2D eigenvalue weighted by Gasteiger charge is -2.17. The van der Waals surface area contributed by atoms with Gasteiger partial charge in [-0.25, -0.2) is 13.8 Å². The Balaban J connectivity index is 2.06. The summed E-state index contributed by atoms with van der Waals surface area (Å²) in [6, 6.07) is 3.39. The van der Waals surface area contributed by atoms with Crippen molar-refractivity contribution in [3.63, 3.8) is 0 Å². The first kappa shape index (κ1) is 19.0. The number of unbranched alkanes of at least 4 members (excludes halogenated alkanes) is 1. The number of imidazole rings is 1. The van der Waals surface area contributed by atoms with Gasteiger partial charge in [-0.05, 0) is 12.5 Å². The SMILES string of the molecule is CCCCOSC(=O)SC(Cn1ccnc1)c1ccc(F)cc1F. The van der Waals surface area contributed by atoms with Crippen molar-refractivity contribution in [2.24, 2.45) is 0 Å². The Morgan fingerprint density at radius 3 is 2.92 bits per heavy atom. The normalized spacial score (nSPS) is 12.3. The predicted molar refractivity (Wildman–Crippen MR) is 92.8 cm³/mol. The summed E-state index contributed by atoms with van der Waals surface area (Å²) in [5, 5.41) is -0.505. The molecule has 0 bridgehead atoms. The fourth-order valence-electron chi connectivity index (χ4n) is 1.98. The molecule has 0 aliphatic carbocycles. The first-order chi connectivity index (χ1) is 11.6. The van der Waals surface area contributed by atoms with Crippen molar-refractivity contribution in [3.05, 3.63) is 54.1 Å². The highest BCUT2D eigenvalue weighted by Crippen LogP contribution is 2.36. The summed E-state index contributed by atoms with van der Waals surface area (Å²) in [5.41, 5.74) is 0.276. The van der Waals surface area contributed by atoms with Crippen LogP contribution in [0.1, 0.15) is 30.6 Å². The van der Waals surface area contributed by atoms with Crippen LogP contribution in [0.4, 0.5) is 13.6 Å². The molecule has 0 spiro atoms. The van der Waals surface area contributed by atoms with E-state index in [-0.39, 0.29) is 10.0 Å². The molecular weight excluding hydrogens is 354 g/mol. The van der Waals surface area contributed by atoms with Gasteiger partial charge in [0.15, 0.2) is 0 Å². The molecule has 2 rings (SSSR count). The number of hydrogen-bond donors (Lipinski definition) is 0. The first-order valence-corrected chi connectivity index (χ1v) is 9.13. The number of rotatable bonds is 8. The fourth-order valence-corrected chi connectivity index (χ4v) is 3.72. The summed E-state index contributed by atoms with van der Waals surface area (Å²) in [5.74, 6) is -1.32. The number of aromatic nitrogens is 2. The zero-order valence-electron chi connectivity index (χ0n) is 13.2.